The van der Waals surface area contributed by atoms with Gasteiger partial charge in [0.15, 0.2) is 0 Å². The van der Waals surface area contributed by atoms with Gasteiger partial charge >= 0.3 is 0 Å². The number of aromatic nitrogens is 2. The molecule has 0 fully saturated rings. The highest BCUT2D eigenvalue weighted by molar-refractivity contribution is 6.22. The molecule has 84 valence electrons. The Balaban J connectivity index is 2.85. The lowest BCUT2D eigenvalue weighted by Crippen LogP contribution is -2.39. The van der Waals surface area contributed by atoms with Crippen molar-refractivity contribution in [3.63, 3.8) is 0 Å². The standard InChI is InChI=1S/C10H15Cl2N3/c1-7-4-13-9(14-8(7)2)15-10(3,5-11)6-12/h4H,5-6H2,1-3H3,(H,13,14,15). The average Bonchev–Trinajstić information content (AvgIpc) is 2.23. The molecule has 15 heavy (non-hydrogen) atoms. The van der Waals surface area contributed by atoms with Gasteiger partial charge in [0.1, 0.15) is 0 Å². The van der Waals surface area contributed by atoms with Crippen LogP contribution in [0.1, 0.15) is 18.2 Å². The third kappa shape index (κ3) is 3.21. The van der Waals surface area contributed by atoms with Crippen molar-refractivity contribution in [1.29, 1.82) is 0 Å². The first kappa shape index (κ1) is 12.5. The van der Waals surface area contributed by atoms with Crippen molar-refractivity contribution in [1.82, 2.24) is 9.97 Å². The van der Waals surface area contributed by atoms with E-state index in [2.05, 4.69) is 15.3 Å². The van der Waals surface area contributed by atoms with Gasteiger partial charge in [-0.2, -0.15) is 0 Å². The summed E-state index contributed by atoms with van der Waals surface area (Å²) >= 11 is 11.7. The number of hydrogen-bond acceptors (Lipinski definition) is 3. The number of halogens is 2. The van der Waals surface area contributed by atoms with Gasteiger partial charge in [-0.05, 0) is 26.3 Å². The lowest BCUT2D eigenvalue weighted by atomic mass is 10.1. The first-order valence-corrected chi connectivity index (χ1v) is 5.78. The molecule has 0 aliphatic rings. The fraction of sp³-hybridized carbons (Fsp3) is 0.600. The monoisotopic (exact) mass is 247 g/mol. The molecular formula is C10H15Cl2N3. The summed E-state index contributed by atoms with van der Waals surface area (Å²) in [5.74, 6) is 1.39. The fourth-order valence-corrected chi connectivity index (χ4v) is 1.38. The third-order valence-electron chi connectivity index (χ3n) is 2.23. The van der Waals surface area contributed by atoms with Gasteiger partial charge in [-0.25, -0.2) is 9.97 Å². The summed E-state index contributed by atoms with van der Waals surface area (Å²) in [7, 11) is 0. The highest BCUT2D eigenvalue weighted by Crippen LogP contribution is 2.16. The smallest absolute Gasteiger partial charge is 0.223 e. The molecule has 0 aromatic carbocycles. The van der Waals surface area contributed by atoms with E-state index in [9.17, 15) is 0 Å². The van der Waals surface area contributed by atoms with Crippen molar-refractivity contribution in [3.8, 4) is 0 Å². The van der Waals surface area contributed by atoms with E-state index in [1.165, 1.54) is 0 Å². The molecule has 0 amide bonds. The van der Waals surface area contributed by atoms with Gasteiger partial charge in [0, 0.05) is 23.7 Å². The van der Waals surface area contributed by atoms with E-state index in [-0.39, 0.29) is 5.54 Å². The zero-order valence-electron chi connectivity index (χ0n) is 9.14. The summed E-state index contributed by atoms with van der Waals surface area (Å²) in [5, 5.41) is 3.14. The average molecular weight is 248 g/mol. The predicted octanol–water partition coefficient (Wildman–Crippen LogP) is 2.74. The molecule has 0 spiro atoms. The van der Waals surface area contributed by atoms with Crippen LogP contribution in [0.25, 0.3) is 0 Å². The minimum absolute atomic E-state index is 0.370. The Morgan fingerprint density at radius 3 is 2.40 bits per heavy atom. The van der Waals surface area contributed by atoms with Crippen LogP contribution in [-0.4, -0.2) is 27.3 Å². The number of aryl methyl sites for hydroxylation is 2. The molecule has 3 nitrogen and oxygen atoms in total. The summed E-state index contributed by atoms with van der Waals surface area (Å²) < 4.78 is 0. The van der Waals surface area contributed by atoms with Gasteiger partial charge in [-0.1, -0.05) is 0 Å². The summed E-state index contributed by atoms with van der Waals surface area (Å²) in [6.07, 6.45) is 1.79. The summed E-state index contributed by atoms with van der Waals surface area (Å²) in [6, 6.07) is 0. The molecular weight excluding hydrogens is 233 g/mol. The van der Waals surface area contributed by atoms with Crippen LogP contribution in [0.2, 0.25) is 0 Å². The van der Waals surface area contributed by atoms with E-state index < -0.39 is 0 Å². The topological polar surface area (TPSA) is 37.8 Å². The first-order valence-electron chi connectivity index (χ1n) is 4.71. The maximum absolute atomic E-state index is 5.83. The Morgan fingerprint density at radius 1 is 1.33 bits per heavy atom. The van der Waals surface area contributed by atoms with Gasteiger partial charge in [-0.3, -0.25) is 0 Å². The van der Waals surface area contributed by atoms with E-state index in [0.29, 0.717) is 17.7 Å². The number of anilines is 1. The highest BCUT2D eigenvalue weighted by Gasteiger charge is 2.22. The number of hydrogen-bond donors (Lipinski definition) is 1. The Kier molecular flexibility index (Phi) is 4.17. The van der Waals surface area contributed by atoms with Crippen LogP contribution in [0.15, 0.2) is 6.20 Å². The van der Waals surface area contributed by atoms with E-state index in [1.54, 1.807) is 6.20 Å². The Hall–Kier alpha value is -0.540. The molecule has 0 saturated carbocycles. The van der Waals surface area contributed by atoms with Gasteiger partial charge in [0.05, 0.1) is 5.54 Å². The van der Waals surface area contributed by atoms with Gasteiger partial charge < -0.3 is 5.32 Å². The third-order valence-corrected chi connectivity index (χ3v) is 3.41. The maximum atomic E-state index is 5.83. The van der Waals surface area contributed by atoms with Crippen LogP contribution >= 0.6 is 23.2 Å². The number of alkyl halides is 2. The molecule has 1 N–H and O–H groups in total. The first-order chi connectivity index (χ1) is 7.00. The molecule has 1 heterocycles. The van der Waals surface area contributed by atoms with Crippen LogP contribution in [0.3, 0.4) is 0 Å². The molecule has 0 radical (unpaired) electrons. The summed E-state index contributed by atoms with van der Waals surface area (Å²) in [5.41, 5.74) is 1.66. The molecule has 1 aromatic rings. The van der Waals surface area contributed by atoms with Crippen molar-refractivity contribution in [2.24, 2.45) is 0 Å². The molecule has 5 heteroatoms. The van der Waals surface area contributed by atoms with Crippen LogP contribution in [0.5, 0.6) is 0 Å². The van der Waals surface area contributed by atoms with E-state index in [4.69, 9.17) is 23.2 Å². The van der Waals surface area contributed by atoms with Crippen molar-refractivity contribution in [2.75, 3.05) is 17.1 Å². The van der Waals surface area contributed by atoms with Gasteiger partial charge in [0.25, 0.3) is 0 Å². The van der Waals surface area contributed by atoms with Gasteiger partial charge in [-0.15, -0.1) is 23.2 Å². The number of nitrogens with zero attached hydrogens (tertiary/aromatic N) is 2. The lowest BCUT2D eigenvalue weighted by Gasteiger charge is -2.25. The molecule has 0 saturated heterocycles. The fourth-order valence-electron chi connectivity index (χ4n) is 0.960. The Morgan fingerprint density at radius 2 is 1.93 bits per heavy atom. The largest absolute Gasteiger partial charge is 0.347 e. The highest BCUT2D eigenvalue weighted by atomic mass is 35.5. The zero-order chi connectivity index (χ0) is 11.5. The zero-order valence-corrected chi connectivity index (χ0v) is 10.7. The van der Waals surface area contributed by atoms with Crippen LogP contribution in [0.4, 0.5) is 5.95 Å². The second-order valence-electron chi connectivity index (χ2n) is 3.91. The normalized spacial score (nSPS) is 11.5. The van der Waals surface area contributed by atoms with Crippen molar-refractivity contribution in [2.45, 2.75) is 26.3 Å². The minimum atomic E-state index is -0.370. The Labute approximate surface area is 100 Å². The maximum Gasteiger partial charge on any atom is 0.223 e. The van der Waals surface area contributed by atoms with Crippen LogP contribution in [0, 0.1) is 13.8 Å². The minimum Gasteiger partial charge on any atom is -0.347 e. The van der Waals surface area contributed by atoms with Gasteiger partial charge in [0.2, 0.25) is 5.95 Å². The lowest BCUT2D eigenvalue weighted by molar-refractivity contribution is 0.639. The van der Waals surface area contributed by atoms with Crippen LogP contribution < -0.4 is 5.32 Å². The van der Waals surface area contributed by atoms with E-state index >= 15 is 0 Å². The molecule has 1 aromatic heterocycles. The predicted molar refractivity (Wildman–Crippen MR) is 65.0 cm³/mol. The summed E-state index contributed by atoms with van der Waals surface area (Å²) in [6.45, 7) is 5.86. The van der Waals surface area contributed by atoms with Crippen LogP contribution in [-0.2, 0) is 0 Å². The second kappa shape index (κ2) is 4.99. The van der Waals surface area contributed by atoms with Crippen molar-refractivity contribution in [3.05, 3.63) is 17.5 Å². The molecule has 0 aliphatic carbocycles. The number of nitrogens with one attached hydrogen (secondary N) is 1. The van der Waals surface area contributed by atoms with Crippen molar-refractivity contribution >= 4 is 29.2 Å². The molecule has 0 unspecified atom stereocenters. The summed E-state index contributed by atoms with van der Waals surface area (Å²) in [4.78, 5) is 8.49. The second-order valence-corrected chi connectivity index (χ2v) is 4.45. The van der Waals surface area contributed by atoms with E-state index in [1.807, 2.05) is 20.8 Å². The SMILES string of the molecule is Cc1cnc(NC(C)(CCl)CCl)nc1C. The molecule has 0 atom stereocenters. The Bertz CT molecular complexity index is 337. The van der Waals surface area contributed by atoms with Crippen molar-refractivity contribution < 1.29 is 0 Å². The molecule has 1 rings (SSSR count). The van der Waals surface area contributed by atoms with E-state index in [0.717, 1.165) is 11.3 Å². The number of rotatable bonds is 4. The molecule has 0 bridgehead atoms. The quantitative estimate of drug-likeness (QED) is 0.832. The molecule has 0 aliphatic heterocycles.